The zero-order valence-corrected chi connectivity index (χ0v) is 13.7. The largest absolute Gasteiger partial charge is 0.306 e. The second-order valence-corrected chi connectivity index (χ2v) is 5.64. The highest BCUT2D eigenvalue weighted by Gasteiger charge is 2.20. The third-order valence-corrected chi connectivity index (χ3v) is 4.31. The van der Waals surface area contributed by atoms with E-state index in [9.17, 15) is 8.78 Å². The van der Waals surface area contributed by atoms with E-state index in [1.165, 1.54) is 11.6 Å². The van der Waals surface area contributed by atoms with Gasteiger partial charge >= 0.3 is 0 Å². The fourth-order valence-corrected chi connectivity index (χ4v) is 2.87. The number of rotatable bonds is 5. The second kappa shape index (κ2) is 7.14. The molecular formula is C17H18BrF2N. The van der Waals surface area contributed by atoms with Gasteiger partial charge in [0.1, 0.15) is 0 Å². The predicted molar refractivity (Wildman–Crippen MR) is 85.4 cm³/mol. The normalized spacial score (nSPS) is 12.4. The highest BCUT2D eigenvalue weighted by molar-refractivity contribution is 9.10. The average Bonchev–Trinajstić information content (AvgIpc) is 2.51. The fraction of sp³-hybridized carbons (Fsp3) is 0.294. The average molecular weight is 354 g/mol. The highest BCUT2D eigenvalue weighted by atomic mass is 79.9. The second-order valence-electron chi connectivity index (χ2n) is 4.85. The summed E-state index contributed by atoms with van der Waals surface area (Å²) in [6.07, 6.45) is 0.973. The summed E-state index contributed by atoms with van der Waals surface area (Å²) in [7, 11) is 0. The topological polar surface area (TPSA) is 12.0 Å². The van der Waals surface area contributed by atoms with Crippen molar-refractivity contribution in [3.05, 3.63) is 69.2 Å². The summed E-state index contributed by atoms with van der Waals surface area (Å²) in [5.41, 5.74) is 2.97. The molecule has 2 aromatic carbocycles. The summed E-state index contributed by atoms with van der Waals surface area (Å²) in [5.74, 6) is -1.69. The Kier molecular flexibility index (Phi) is 5.48. The first kappa shape index (κ1) is 16.1. The monoisotopic (exact) mass is 353 g/mol. The molecule has 0 aliphatic rings. The molecule has 1 unspecified atom stereocenters. The first-order valence-corrected chi connectivity index (χ1v) is 7.83. The Bertz CT molecular complexity index is 611. The minimum absolute atomic E-state index is 0.174. The summed E-state index contributed by atoms with van der Waals surface area (Å²) in [6.45, 7) is 4.82. The lowest BCUT2D eigenvalue weighted by molar-refractivity contribution is 0.498. The molecule has 0 fully saturated rings. The Labute approximate surface area is 132 Å². The number of hydrogen-bond acceptors (Lipinski definition) is 1. The van der Waals surface area contributed by atoms with Gasteiger partial charge in [-0.2, -0.15) is 0 Å². The van der Waals surface area contributed by atoms with Gasteiger partial charge < -0.3 is 5.32 Å². The standard InChI is InChI=1S/C17H18BrF2N/c1-3-11-5-7-12(8-6-11)17(21-4-2)13-9-10-14(19)16(20)15(13)18/h5-10,17,21H,3-4H2,1-2H3. The van der Waals surface area contributed by atoms with Crippen LogP contribution < -0.4 is 5.32 Å². The van der Waals surface area contributed by atoms with Crippen molar-refractivity contribution >= 4 is 15.9 Å². The van der Waals surface area contributed by atoms with Crippen LogP contribution in [0.3, 0.4) is 0 Å². The molecule has 0 aliphatic heterocycles. The Morgan fingerprint density at radius 2 is 1.71 bits per heavy atom. The number of aryl methyl sites for hydroxylation is 1. The van der Waals surface area contributed by atoms with Crippen molar-refractivity contribution in [3.63, 3.8) is 0 Å². The van der Waals surface area contributed by atoms with E-state index in [0.717, 1.165) is 18.5 Å². The van der Waals surface area contributed by atoms with Crippen LogP contribution in [0, 0.1) is 11.6 Å². The van der Waals surface area contributed by atoms with Crippen LogP contribution in [-0.2, 0) is 6.42 Å². The first-order valence-electron chi connectivity index (χ1n) is 7.04. The van der Waals surface area contributed by atoms with Gasteiger partial charge in [0.25, 0.3) is 0 Å². The molecule has 1 nitrogen and oxygen atoms in total. The summed E-state index contributed by atoms with van der Waals surface area (Å²) < 4.78 is 27.2. The van der Waals surface area contributed by atoms with Crippen molar-refractivity contribution in [2.24, 2.45) is 0 Å². The first-order chi connectivity index (χ1) is 10.1. The van der Waals surface area contributed by atoms with E-state index >= 15 is 0 Å². The molecule has 0 radical (unpaired) electrons. The maximum absolute atomic E-state index is 13.8. The lowest BCUT2D eigenvalue weighted by atomic mass is 9.97. The number of halogens is 3. The van der Waals surface area contributed by atoms with Gasteiger partial charge in [-0.1, -0.05) is 44.2 Å². The molecule has 1 atom stereocenters. The van der Waals surface area contributed by atoms with Gasteiger partial charge in [0.05, 0.1) is 10.5 Å². The van der Waals surface area contributed by atoms with E-state index in [4.69, 9.17) is 0 Å². The third kappa shape index (κ3) is 3.50. The Morgan fingerprint density at radius 3 is 2.29 bits per heavy atom. The summed E-state index contributed by atoms with van der Waals surface area (Å²) in [5, 5.41) is 3.32. The van der Waals surface area contributed by atoms with Crippen molar-refractivity contribution in [2.45, 2.75) is 26.3 Å². The molecule has 112 valence electrons. The van der Waals surface area contributed by atoms with E-state index < -0.39 is 11.6 Å². The van der Waals surface area contributed by atoms with Crippen LogP contribution in [0.2, 0.25) is 0 Å². The molecule has 0 heterocycles. The van der Waals surface area contributed by atoms with Crippen molar-refractivity contribution < 1.29 is 8.78 Å². The zero-order valence-electron chi connectivity index (χ0n) is 12.1. The molecule has 21 heavy (non-hydrogen) atoms. The van der Waals surface area contributed by atoms with E-state index in [1.54, 1.807) is 6.07 Å². The van der Waals surface area contributed by atoms with Crippen LogP contribution >= 0.6 is 15.9 Å². The minimum Gasteiger partial charge on any atom is -0.306 e. The molecule has 0 saturated heterocycles. The van der Waals surface area contributed by atoms with Gasteiger partial charge in [-0.15, -0.1) is 0 Å². The van der Waals surface area contributed by atoms with Gasteiger partial charge in [0.15, 0.2) is 11.6 Å². The molecule has 4 heteroatoms. The van der Waals surface area contributed by atoms with Crippen LogP contribution in [0.5, 0.6) is 0 Å². The van der Waals surface area contributed by atoms with E-state index in [1.807, 2.05) is 19.1 Å². The smallest absolute Gasteiger partial charge is 0.173 e. The highest BCUT2D eigenvalue weighted by Crippen LogP contribution is 2.31. The van der Waals surface area contributed by atoms with Gasteiger partial charge in [-0.25, -0.2) is 8.78 Å². The Morgan fingerprint density at radius 1 is 1.05 bits per heavy atom. The summed E-state index contributed by atoms with van der Waals surface area (Å²) in [6, 6.07) is 10.8. The Hall–Kier alpha value is -1.26. The van der Waals surface area contributed by atoms with Crippen molar-refractivity contribution in [2.75, 3.05) is 6.54 Å². The van der Waals surface area contributed by atoms with Crippen LogP contribution in [0.1, 0.15) is 36.6 Å². The molecule has 1 N–H and O–H groups in total. The molecule has 0 amide bonds. The van der Waals surface area contributed by atoms with Crippen LogP contribution in [0.4, 0.5) is 8.78 Å². The van der Waals surface area contributed by atoms with Gasteiger partial charge in [-0.3, -0.25) is 0 Å². The van der Waals surface area contributed by atoms with Crippen LogP contribution in [0.15, 0.2) is 40.9 Å². The lowest BCUT2D eigenvalue weighted by Gasteiger charge is -2.21. The van der Waals surface area contributed by atoms with Crippen LogP contribution in [0.25, 0.3) is 0 Å². The van der Waals surface area contributed by atoms with E-state index in [0.29, 0.717) is 5.56 Å². The maximum Gasteiger partial charge on any atom is 0.173 e. The lowest BCUT2D eigenvalue weighted by Crippen LogP contribution is -2.22. The SMILES string of the molecule is CCNC(c1ccc(CC)cc1)c1ccc(F)c(F)c1Br. The number of nitrogens with one attached hydrogen (secondary N) is 1. The quantitative estimate of drug-likeness (QED) is 0.746. The van der Waals surface area contributed by atoms with E-state index in [-0.39, 0.29) is 10.5 Å². The third-order valence-electron chi connectivity index (χ3n) is 3.51. The van der Waals surface area contributed by atoms with Crippen molar-refractivity contribution in [1.82, 2.24) is 5.32 Å². The summed E-state index contributed by atoms with van der Waals surface area (Å²) >= 11 is 3.17. The van der Waals surface area contributed by atoms with Gasteiger partial charge in [0.2, 0.25) is 0 Å². The molecule has 2 aromatic rings. The minimum atomic E-state index is -0.847. The number of hydrogen-bond donors (Lipinski definition) is 1. The predicted octanol–water partition coefficient (Wildman–Crippen LogP) is 4.99. The Balaban J connectivity index is 2.45. The van der Waals surface area contributed by atoms with Gasteiger partial charge in [0, 0.05) is 0 Å². The molecule has 0 aliphatic carbocycles. The van der Waals surface area contributed by atoms with Gasteiger partial charge in [-0.05, 0) is 51.7 Å². The zero-order chi connectivity index (χ0) is 15.4. The fourth-order valence-electron chi connectivity index (χ4n) is 2.32. The molecule has 2 rings (SSSR count). The van der Waals surface area contributed by atoms with E-state index in [2.05, 4.69) is 40.3 Å². The molecule has 0 saturated carbocycles. The molecule has 0 spiro atoms. The molecular weight excluding hydrogens is 336 g/mol. The van der Waals surface area contributed by atoms with Crippen LogP contribution in [-0.4, -0.2) is 6.54 Å². The van der Waals surface area contributed by atoms with Crippen molar-refractivity contribution in [1.29, 1.82) is 0 Å². The molecule has 0 bridgehead atoms. The number of benzene rings is 2. The maximum atomic E-state index is 13.8. The molecule has 0 aromatic heterocycles. The van der Waals surface area contributed by atoms with Crippen molar-refractivity contribution in [3.8, 4) is 0 Å². The summed E-state index contributed by atoms with van der Waals surface area (Å²) in [4.78, 5) is 0.